The summed E-state index contributed by atoms with van der Waals surface area (Å²) in [6.07, 6.45) is 0. The number of nitrogens with zero attached hydrogens (tertiary/aromatic N) is 1. The van der Waals surface area contributed by atoms with Gasteiger partial charge in [0.25, 0.3) is 5.91 Å². The molecular weight excluding hydrogens is 210 g/mol. The first kappa shape index (κ1) is 13.8. The predicted molar refractivity (Wildman–Crippen MR) is 72.4 cm³/mol. The summed E-state index contributed by atoms with van der Waals surface area (Å²) >= 11 is 0. The van der Waals surface area contributed by atoms with Crippen molar-refractivity contribution in [3.05, 3.63) is 35.4 Å². The van der Waals surface area contributed by atoms with Crippen molar-refractivity contribution in [1.29, 1.82) is 0 Å². The van der Waals surface area contributed by atoms with Crippen LogP contribution in [0.15, 0.2) is 24.3 Å². The van der Waals surface area contributed by atoms with E-state index in [9.17, 15) is 4.79 Å². The summed E-state index contributed by atoms with van der Waals surface area (Å²) in [6, 6.07) is 7.97. The molecule has 2 nitrogen and oxygen atoms in total. The monoisotopic (exact) mass is 233 g/mol. The van der Waals surface area contributed by atoms with Crippen LogP contribution in [-0.2, 0) is 5.41 Å². The Bertz CT molecular complexity index is 386. The molecule has 0 fully saturated rings. The molecule has 1 aromatic rings. The van der Waals surface area contributed by atoms with Crippen LogP contribution in [0.5, 0.6) is 0 Å². The first-order valence-electron chi connectivity index (χ1n) is 6.30. The van der Waals surface area contributed by atoms with Crippen molar-refractivity contribution in [2.45, 2.75) is 40.0 Å². The summed E-state index contributed by atoms with van der Waals surface area (Å²) in [6.45, 7) is 12.0. The van der Waals surface area contributed by atoms with Crippen molar-refractivity contribution in [3.8, 4) is 0 Å². The van der Waals surface area contributed by atoms with E-state index in [0.29, 0.717) is 0 Å². The molecule has 1 rings (SSSR count). The van der Waals surface area contributed by atoms with E-state index in [1.165, 1.54) is 5.56 Å². The summed E-state index contributed by atoms with van der Waals surface area (Å²) in [4.78, 5) is 14.1. The van der Waals surface area contributed by atoms with Crippen LogP contribution in [0, 0.1) is 0 Å². The van der Waals surface area contributed by atoms with Crippen LogP contribution in [0.2, 0.25) is 0 Å². The Labute approximate surface area is 105 Å². The third-order valence-electron chi connectivity index (χ3n) is 3.03. The minimum atomic E-state index is 0.0829. The Balaban J connectivity index is 3.04. The van der Waals surface area contributed by atoms with Crippen LogP contribution >= 0.6 is 0 Å². The second kappa shape index (κ2) is 5.35. The zero-order valence-electron chi connectivity index (χ0n) is 11.6. The lowest BCUT2D eigenvalue weighted by atomic mass is 9.86. The molecular formula is C15H23NO. The van der Waals surface area contributed by atoms with E-state index in [0.717, 1.165) is 18.7 Å². The number of amides is 1. The molecule has 0 saturated carbocycles. The molecule has 0 aliphatic carbocycles. The van der Waals surface area contributed by atoms with Gasteiger partial charge < -0.3 is 4.90 Å². The van der Waals surface area contributed by atoms with Gasteiger partial charge >= 0.3 is 0 Å². The maximum atomic E-state index is 12.2. The van der Waals surface area contributed by atoms with Crippen molar-refractivity contribution < 1.29 is 4.79 Å². The molecule has 0 aliphatic heterocycles. The highest BCUT2D eigenvalue weighted by molar-refractivity contribution is 5.94. The standard InChI is InChI=1S/C15H23NO/c1-6-16(7-2)14(17)12-9-8-10-13(11-12)15(3,4)5/h8-11H,6-7H2,1-5H3. The van der Waals surface area contributed by atoms with Crippen LogP contribution in [0.25, 0.3) is 0 Å². The molecule has 1 aromatic carbocycles. The fraction of sp³-hybridized carbons (Fsp3) is 0.533. The number of benzene rings is 1. The number of rotatable bonds is 3. The van der Waals surface area contributed by atoms with Gasteiger partial charge in [0.05, 0.1) is 0 Å². The van der Waals surface area contributed by atoms with Gasteiger partial charge in [-0.25, -0.2) is 0 Å². The van der Waals surface area contributed by atoms with Gasteiger partial charge in [-0.05, 0) is 37.0 Å². The van der Waals surface area contributed by atoms with Gasteiger partial charge in [0.1, 0.15) is 0 Å². The van der Waals surface area contributed by atoms with Gasteiger partial charge in [-0.2, -0.15) is 0 Å². The van der Waals surface area contributed by atoms with Gasteiger partial charge in [-0.15, -0.1) is 0 Å². The van der Waals surface area contributed by atoms with E-state index in [1.54, 1.807) is 0 Å². The maximum Gasteiger partial charge on any atom is 0.253 e. The van der Waals surface area contributed by atoms with Crippen molar-refractivity contribution in [3.63, 3.8) is 0 Å². The highest BCUT2D eigenvalue weighted by atomic mass is 16.2. The van der Waals surface area contributed by atoms with Crippen molar-refractivity contribution in [2.75, 3.05) is 13.1 Å². The molecule has 1 amide bonds. The summed E-state index contributed by atoms with van der Waals surface area (Å²) in [5.74, 6) is 0.126. The average Bonchev–Trinajstić information content (AvgIpc) is 2.29. The first-order chi connectivity index (χ1) is 7.90. The van der Waals surface area contributed by atoms with Crippen LogP contribution in [0.1, 0.15) is 50.5 Å². The van der Waals surface area contributed by atoms with Gasteiger partial charge in [-0.3, -0.25) is 4.79 Å². The summed E-state index contributed by atoms with van der Waals surface area (Å²) in [5.41, 5.74) is 2.08. The molecule has 0 bridgehead atoms. The van der Waals surface area contributed by atoms with E-state index in [1.807, 2.05) is 36.9 Å². The van der Waals surface area contributed by atoms with Gasteiger partial charge in [-0.1, -0.05) is 32.9 Å². The highest BCUT2D eigenvalue weighted by Gasteiger charge is 2.17. The molecule has 0 N–H and O–H groups in total. The molecule has 0 heterocycles. The number of hydrogen-bond donors (Lipinski definition) is 0. The predicted octanol–water partition coefficient (Wildman–Crippen LogP) is 3.47. The third-order valence-corrected chi connectivity index (χ3v) is 3.03. The Kier molecular flexibility index (Phi) is 4.33. The molecule has 0 saturated heterocycles. The summed E-state index contributed by atoms with van der Waals surface area (Å²) in [7, 11) is 0. The zero-order valence-corrected chi connectivity index (χ0v) is 11.6. The lowest BCUT2D eigenvalue weighted by Crippen LogP contribution is -2.30. The van der Waals surface area contributed by atoms with Crippen molar-refractivity contribution >= 4 is 5.91 Å². The van der Waals surface area contributed by atoms with Crippen LogP contribution in [-0.4, -0.2) is 23.9 Å². The summed E-state index contributed by atoms with van der Waals surface area (Å²) < 4.78 is 0. The number of carbonyl (C=O) groups is 1. The average molecular weight is 233 g/mol. The molecule has 94 valence electrons. The Morgan fingerprint density at radius 1 is 1.18 bits per heavy atom. The highest BCUT2D eigenvalue weighted by Crippen LogP contribution is 2.23. The molecule has 0 radical (unpaired) electrons. The topological polar surface area (TPSA) is 20.3 Å². The SMILES string of the molecule is CCN(CC)C(=O)c1cccc(C(C)(C)C)c1. The third kappa shape index (κ3) is 3.32. The van der Waals surface area contributed by atoms with Crippen molar-refractivity contribution in [2.24, 2.45) is 0 Å². The first-order valence-corrected chi connectivity index (χ1v) is 6.30. The van der Waals surface area contributed by atoms with Crippen LogP contribution in [0.3, 0.4) is 0 Å². The van der Waals surface area contributed by atoms with E-state index in [2.05, 4.69) is 26.8 Å². The largest absolute Gasteiger partial charge is 0.339 e. The molecule has 2 heteroatoms. The lowest BCUT2D eigenvalue weighted by Gasteiger charge is -2.22. The second-order valence-electron chi connectivity index (χ2n) is 5.31. The maximum absolute atomic E-state index is 12.2. The molecule has 0 atom stereocenters. The number of hydrogen-bond acceptors (Lipinski definition) is 1. The van der Waals surface area contributed by atoms with Gasteiger partial charge in [0.2, 0.25) is 0 Å². The quantitative estimate of drug-likeness (QED) is 0.783. The lowest BCUT2D eigenvalue weighted by molar-refractivity contribution is 0.0773. The Hall–Kier alpha value is -1.31. The van der Waals surface area contributed by atoms with Gasteiger partial charge in [0.15, 0.2) is 0 Å². The Morgan fingerprint density at radius 3 is 2.24 bits per heavy atom. The Morgan fingerprint density at radius 2 is 1.76 bits per heavy atom. The molecule has 17 heavy (non-hydrogen) atoms. The van der Waals surface area contributed by atoms with Crippen molar-refractivity contribution in [1.82, 2.24) is 4.90 Å². The van der Waals surface area contributed by atoms with E-state index in [4.69, 9.17) is 0 Å². The normalized spacial score (nSPS) is 11.4. The second-order valence-corrected chi connectivity index (χ2v) is 5.31. The number of carbonyl (C=O) groups excluding carboxylic acids is 1. The zero-order chi connectivity index (χ0) is 13.1. The minimum Gasteiger partial charge on any atom is -0.339 e. The fourth-order valence-electron chi connectivity index (χ4n) is 1.81. The minimum absolute atomic E-state index is 0.0829. The smallest absolute Gasteiger partial charge is 0.253 e. The fourth-order valence-corrected chi connectivity index (χ4v) is 1.81. The molecule has 0 spiro atoms. The molecule has 0 aromatic heterocycles. The van der Waals surface area contributed by atoms with Crippen LogP contribution in [0.4, 0.5) is 0 Å². The summed E-state index contributed by atoms with van der Waals surface area (Å²) in [5, 5.41) is 0. The van der Waals surface area contributed by atoms with E-state index < -0.39 is 0 Å². The van der Waals surface area contributed by atoms with Crippen LogP contribution < -0.4 is 0 Å². The van der Waals surface area contributed by atoms with E-state index >= 15 is 0 Å². The van der Waals surface area contributed by atoms with Gasteiger partial charge in [0, 0.05) is 18.7 Å². The van der Waals surface area contributed by atoms with E-state index in [-0.39, 0.29) is 11.3 Å². The molecule has 0 aliphatic rings. The molecule has 0 unspecified atom stereocenters.